The molecule has 35 heavy (non-hydrogen) atoms. The summed E-state index contributed by atoms with van der Waals surface area (Å²) in [6, 6.07) is 7.10. The molecule has 184 valence electrons. The fourth-order valence-corrected chi connectivity index (χ4v) is 4.46. The molecule has 0 bridgehead atoms. The van der Waals surface area contributed by atoms with Crippen LogP contribution < -0.4 is 14.7 Å². The van der Waals surface area contributed by atoms with Gasteiger partial charge in [-0.15, -0.1) is 0 Å². The topological polar surface area (TPSA) is 61.3 Å². The number of nitrogens with zero attached hydrogens (tertiary/aromatic N) is 7. The normalized spacial score (nSPS) is 16.8. The van der Waals surface area contributed by atoms with Crippen molar-refractivity contribution < 1.29 is 17.6 Å². The summed E-state index contributed by atoms with van der Waals surface area (Å²) < 4.78 is 54.2. The maximum absolute atomic E-state index is 13.8. The summed E-state index contributed by atoms with van der Waals surface area (Å²) in [5.74, 6) is 1.13. The lowest BCUT2D eigenvalue weighted by molar-refractivity contribution is -0.137. The van der Waals surface area contributed by atoms with Crippen LogP contribution in [0.5, 0.6) is 0 Å². The maximum Gasteiger partial charge on any atom is 0.419 e. The molecule has 2 aliphatic rings. The summed E-state index contributed by atoms with van der Waals surface area (Å²) >= 11 is 0. The lowest BCUT2D eigenvalue weighted by atomic mass is 10.1. The van der Waals surface area contributed by atoms with E-state index in [1.807, 2.05) is 4.90 Å². The number of pyridine rings is 1. The predicted molar refractivity (Wildman–Crippen MR) is 125 cm³/mol. The van der Waals surface area contributed by atoms with E-state index in [-0.39, 0.29) is 11.6 Å². The highest BCUT2D eigenvalue weighted by Gasteiger charge is 2.36. The van der Waals surface area contributed by atoms with E-state index in [4.69, 9.17) is 4.98 Å². The first-order valence-corrected chi connectivity index (χ1v) is 11.6. The van der Waals surface area contributed by atoms with Crippen LogP contribution >= 0.6 is 0 Å². The fourth-order valence-electron chi connectivity index (χ4n) is 4.46. The van der Waals surface area contributed by atoms with E-state index in [1.54, 1.807) is 24.0 Å². The van der Waals surface area contributed by atoms with Crippen LogP contribution in [0, 0.1) is 12.7 Å². The second kappa shape index (κ2) is 9.27. The van der Waals surface area contributed by atoms with Crippen LogP contribution in [0.3, 0.4) is 0 Å². The molecule has 2 aliphatic heterocycles. The molecule has 11 heteroatoms. The van der Waals surface area contributed by atoms with Crippen molar-refractivity contribution in [2.45, 2.75) is 25.9 Å². The number of piperazine rings is 1. The van der Waals surface area contributed by atoms with Crippen LogP contribution in [0.2, 0.25) is 0 Å². The number of alkyl halides is 3. The Balaban J connectivity index is 1.42. The number of halogens is 4. The first kappa shape index (κ1) is 23.3. The molecule has 0 unspecified atom stereocenters. The van der Waals surface area contributed by atoms with Gasteiger partial charge in [-0.1, -0.05) is 0 Å². The van der Waals surface area contributed by atoms with E-state index in [2.05, 4.69) is 19.9 Å². The quantitative estimate of drug-likeness (QED) is 0.508. The fraction of sp³-hybridized carbons (Fsp3) is 0.417. The molecule has 4 heterocycles. The van der Waals surface area contributed by atoms with Crippen molar-refractivity contribution >= 4 is 17.7 Å². The van der Waals surface area contributed by atoms with Gasteiger partial charge in [-0.3, -0.25) is 0 Å². The molecule has 0 radical (unpaired) electrons. The van der Waals surface area contributed by atoms with Crippen molar-refractivity contribution in [3.8, 4) is 11.4 Å². The van der Waals surface area contributed by atoms with Crippen molar-refractivity contribution in [1.29, 1.82) is 0 Å². The molecule has 0 N–H and O–H groups in total. The maximum atomic E-state index is 13.8. The Morgan fingerprint density at radius 1 is 0.800 bits per heavy atom. The van der Waals surface area contributed by atoms with Gasteiger partial charge in [-0.25, -0.2) is 9.37 Å². The van der Waals surface area contributed by atoms with E-state index in [9.17, 15) is 17.6 Å². The number of aromatic nitrogens is 4. The molecule has 0 saturated carbocycles. The Hall–Kier alpha value is -3.50. The summed E-state index contributed by atoms with van der Waals surface area (Å²) in [7, 11) is 0. The van der Waals surface area contributed by atoms with Crippen molar-refractivity contribution in [2.24, 2.45) is 0 Å². The summed E-state index contributed by atoms with van der Waals surface area (Å²) in [5.41, 5.74) is 0.450. The Labute approximate surface area is 200 Å². The molecule has 1 aromatic carbocycles. The largest absolute Gasteiger partial charge is 0.419 e. The zero-order chi connectivity index (χ0) is 24.6. The van der Waals surface area contributed by atoms with Crippen molar-refractivity contribution in [1.82, 2.24) is 19.9 Å². The first-order chi connectivity index (χ1) is 16.8. The van der Waals surface area contributed by atoms with Gasteiger partial charge in [0, 0.05) is 51.0 Å². The van der Waals surface area contributed by atoms with Crippen molar-refractivity contribution in [3.63, 3.8) is 0 Å². The highest BCUT2D eigenvalue weighted by atomic mass is 19.4. The molecule has 3 aromatic rings. The number of rotatable bonds is 4. The molecule has 7 nitrogen and oxygen atoms in total. The highest BCUT2D eigenvalue weighted by molar-refractivity contribution is 5.60. The van der Waals surface area contributed by atoms with Crippen molar-refractivity contribution in [3.05, 3.63) is 53.5 Å². The molecule has 2 aromatic heterocycles. The minimum absolute atomic E-state index is 0.0597. The average molecular weight is 488 g/mol. The van der Waals surface area contributed by atoms with E-state index in [0.717, 1.165) is 32.0 Å². The minimum Gasteiger partial charge on any atom is -0.353 e. The van der Waals surface area contributed by atoms with Gasteiger partial charge >= 0.3 is 6.18 Å². The molecule has 2 fully saturated rings. The van der Waals surface area contributed by atoms with Crippen LogP contribution in [0.4, 0.5) is 35.3 Å². The number of anilines is 3. The van der Waals surface area contributed by atoms with Crippen LogP contribution in [0.1, 0.15) is 24.0 Å². The number of hydrogen-bond donors (Lipinski definition) is 0. The molecule has 0 amide bonds. The summed E-state index contributed by atoms with van der Waals surface area (Å²) in [6.07, 6.45) is -0.990. The lowest BCUT2D eigenvalue weighted by Gasteiger charge is -2.36. The smallest absolute Gasteiger partial charge is 0.353 e. The monoisotopic (exact) mass is 487 g/mol. The third-order valence-corrected chi connectivity index (χ3v) is 6.37. The molecular formula is C24H25F4N7. The lowest BCUT2D eigenvalue weighted by Crippen LogP contribution is -2.48. The highest BCUT2D eigenvalue weighted by Crippen LogP contribution is 2.35. The van der Waals surface area contributed by atoms with Gasteiger partial charge < -0.3 is 14.7 Å². The van der Waals surface area contributed by atoms with Crippen LogP contribution in [-0.2, 0) is 6.18 Å². The SMILES string of the molecule is Cc1cc(-c2nc(N3CCCC3)nc(N3CCN(c4ncccc4C(F)(F)F)CC3)n2)ccc1F. The third-order valence-electron chi connectivity index (χ3n) is 6.37. The van der Waals surface area contributed by atoms with E-state index >= 15 is 0 Å². The molecule has 0 spiro atoms. The third kappa shape index (κ3) is 4.85. The van der Waals surface area contributed by atoms with E-state index < -0.39 is 11.7 Å². The number of aryl methyl sites for hydroxylation is 1. The zero-order valence-corrected chi connectivity index (χ0v) is 19.3. The van der Waals surface area contributed by atoms with Gasteiger partial charge in [0.05, 0.1) is 5.56 Å². The first-order valence-electron chi connectivity index (χ1n) is 11.6. The molecule has 2 saturated heterocycles. The number of hydrogen-bond acceptors (Lipinski definition) is 7. The van der Waals surface area contributed by atoms with Gasteiger partial charge in [0.15, 0.2) is 5.82 Å². The van der Waals surface area contributed by atoms with Gasteiger partial charge in [0.25, 0.3) is 0 Å². The predicted octanol–water partition coefficient (Wildman–Crippen LogP) is 4.33. The Kier molecular flexibility index (Phi) is 6.16. The van der Waals surface area contributed by atoms with Crippen LogP contribution in [-0.4, -0.2) is 59.2 Å². The summed E-state index contributed by atoms with van der Waals surface area (Å²) in [5, 5.41) is 0. The summed E-state index contributed by atoms with van der Waals surface area (Å²) in [4.78, 5) is 23.7. The second-order valence-corrected chi connectivity index (χ2v) is 8.76. The van der Waals surface area contributed by atoms with Gasteiger partial charge in [0.2, 0.25) is 11.9 Å². The zero-order valence-electron chi connectivity index (χ0n) is 19.3. The van der Waals surface area contributed by atoms with Crippen molar-refractivity contribution in [2.75, 3.05) is 54.0 Å². The number of benzene rings is 1. The van der Waals surface area contributed by atoms with Gasteiger partial charge in [-0.2, -0.15) is 28.1 Å². The van der Waals surface area contributed by atoms with Gasteiger partial charge in [-0.05, 0) is 55.7 Å². The van der Waals surface area contributed by atoms with E-state index in [1.165, 1.54) is 18.3 Å². The minimum atomic E-state index is -4.47. The molecule has 5 rings (SSSR count). The Morgan fingerprint density at radius 2 is 1.43 bits per heavy atom. The molecular weight excluding hydrogens is 462 g/mol. The average Bonchev–Trinajstić information content (AvgIpc) is 3.40. The standard InChI is InChI=1S/C24H25F4N7/c1-16-15-17(6-7-19(16)25)20-30-22(34-9-2-3-10-34)32-23(31-20)35-13-11-33(12-14-35)21-18(24(26,27)28)5-4-8-29-21/h4-8,15H,2-3,9-14H2,1H3. The van der Waals surface area contributed by atoms with Gasteiger partial charge in [0.1, 0.15) is 11.6 Å². The second-order valence-electron chi connectivity index (χ2n) is 8.76. The Morgan fingerprint density at radius 3 is 2.06 bits per heavy atom. The molecule has 0 aliphatic carbocycles. The summed E-state index contributed by atoms with van der Waals surface area (Å²) in [6.45, 7) is 4.93. The molecule has 0 atom stereocenters. The van der Waals surface area contributed by atoms with Crippen LogP contribution in [0.15, 0.2) is 36.5 Å². The Bertz CT molecular complexity index is 1200. The van der Waals surface area contributed by atoms with E-state index in [0.29, 0.717) is 55.0 Å². The van der Waals surface area contributed by atoms with Crippen LogP contribution in [0.25, 0.3) is 11.4 Å².